The molecule has 0 aliphatic carbocycles. The molecule has 49 heavy (non-hydrogen) atoms. The van der Waals surface area contributed by atoms with Crippen molar-refractivity contribution in [2.45, 2.75) is 144 Å². The molecule has 1 aromatic heterocycles. The van der Waals surface area contributed by atoms with E-state index in [-0.39, 0.29) is 5.43 Å². The van der Waals surface area contributed by atoms with E-state index in [1.807, 2.05) is 58.0 Å². The van der Waals surface area contributed by atoms with Crippen LogP contribution in [0.4, 0.5) is 0 Å². The lowest BCUT2D eigenvalue weighted by molar-refractivity contribution is 0.311. The smallest absolute Gasteiger partial charge is 0.235 e. The molecule has 0 radical (unpaired) electrons. The zero-order chi connectivity index (χ0) is 35.3. The number of hydrogen-bond acceptors (Lipinski definition) is 6. The summed E-state index contributed by atoms with van der Waals surface area (Å²) in [5.74, 6) is 2.80. The molecule has 0 aliphatic rings. The Labute approximate surface area is 296 Å². The lowest BCUT2D eigenvalue weighted by atomic mass is 10.0. The number of aryl methyl sites for hydroxylation is 1. The number of fused-ring (bicyclic) bond motifs is 1. The second kappa shape index (κ2) is 23.1. The third-order valence-corrected chi connectivity index (χ3v) is 9.14. The average Bonchev–Trinajstić information content (AvgIpc) is 3.10. The van der Waals surface area contributed by atoms with Crippen molar-refractivity contribution in [2.24, 2.45) is 0 Å². The van der Waals surface area contributed by atoms with Crippen LogP contribution in [0.15, 0.2) is 35.1 Å². The molecule has 3 aromatic rings. The van der Waals surface area contributed by atoms with Crippen molar-refractivity contribution < 1.29 is 23.7 Å². The number of hydrogen-bond donors (Lipinski definition) is 0. The number of unbranched alkanes of at least 4 members (excludes halogenated alkanes) is 15. The van der Waals surface area contributed by atoms with Crippen molar-refractivity contribution in [1.29, 1.82) is 0 Å². The third kappa shape index (κ3) is 12.2. The van der Waals surface area contributed by atoms with Crippen LogP contribution >= 0.6 is 0 Å². The van der Waals surface area contributed by atoms with Gasteiger partial charge in [0.1, 0.15) is 11.5 Å². The summed E-state index contributed by atoms with van der Waals surface area (Å²) in [4.78, 5) is 14.3. The second-order valence-electron chi connectivity index (χ2n) is 12.9. The topological polar surface area (TPSA) is 68.2 Å². The van der Waals surface area contributed by atoms with Crippen LogP contribution in [0.25, 0.3) is 22.2 Å². The molecule has 0 fully saturated rings. The Morgan fingerprint density at radius 3 is 1.61 bits per heavy atom. The van der Waals surface area contributed by atoms with Crippen LogP contribution in [-0.4, -0.2) is 38.1 Å². The summed E-state index contributed by atoms with van der Waals surface area (Å²) in [5, 5.41) is 0.520. The van der Waals surface area contributed by atoms with E-state index in [0.717, 1.165) is 36.2 Å². The number of methoxy groups -OCH3 is 1. The summed E-state index contributed by atoms with van der Waals surface area (Å²) in [6, 6.07) is 9.62. The summed E-state index contributed by atoms with van der Waals surface area (Å²) < 4.78 is 32.0. The van der Waals surface area contributed by atoms with Crippen molar-refractivity contribution in [3.63, 3.8) is 0 Å². The van der Waals surface area contributed by atoms with Gasteiger partial charge in [-0.1, -0.05) is 103 Å². The monoisotopic (exact) mass is 679 g/mol. The predicted molar refractivity (Wildman–Crippen MR) is 204 cm³/mol. The zero-order valence-electron chi connectivity index (χ0n) is 31.6. The Balaban J connectivity index is 1.79. The van der Waals surface area contributed by atoms with Crippen LogP contribution in [0.3, 0.4) is 0 Å². The minimum atomic E-state index is -0.186. The first-order valence-electron chi connectivity index (χ1n) is 19.5. The maximum Gasteiger partial charge on any atom is 0.235 e. The molecule has 0 aliphatic heterocycles. The highest BCUT2D eigenvalue weighted by molar-refractivity contribution is 5.92. The first-order valence-corrected chi connectivity index (χ1v) is 19.5. The molecule has 1 heterocycles. The average molecular weight is 680 g/mol. The molecular weight excluding hydrogens is 614 g/mol. The quantitative estimate of drug-likeness (QED) is 0.0747. The molecule has 0 saturated carbocycles. The molecule has 2 aromatic carbocycles. The van der Waals surface area contributed by atoms with Gasteiger partial charge >= 0.3 is 0 Å². The highest BCUT2D eigenvalue weighted by Gasteiger charge is 2.24. The van der Waals surface area contributed by atoms with E-state index in [9.17, 15) is 4.79 Å². The Hall–Kier alpha value is -3.35. The minimum Gasteiger partial charge on any atom is -0.494 e. The van der Waals surface area contributed by atoms with Gasteiger partial charge in [-0.2, -0.15) is 0 Å². The molecule has 0 atom stereocenters. The first kappa shape index (κ1) is 40.1. The van der Waals surface area contributed by atoms with Crippen LogP contribution < -0.4 is 29.1 Å². The van der Waals surface area contributed by atoms with Gasteiger partial charge in [0.15, 0.2) is 17.2 Å². The van der Waals surface area contributed by atoms with E-state index in [0.29, 0.717) is 60.6 Å². The van der Waals surface area contributed by atoms with Gasteiger partial charge in [-0.25, -0.2) is 0 Å². The van der Waals surface area contributed by atoms with Gasteiger partial charge in [0.25, 0.3) is 0 Å². The van der Waals surface area contributed by atoms with Crippen LogP contribution in [0.5, 0.6) is 28.7 Å². The van der Waals surface area contributed by atoms with Gasteiger partial charge in [0.05, 0.1) is 50.1 Å². The van der Waals surface area contributed by atoms with E-state index in [2.05, 4.69) is 11.5 Å². The summed E-state index contributed by atoms with van der Waals surface area (Å²) in [5.41, 5.74) is 2.16. The van der Waals surface area contributed by atoms with E-state index < -0.39 is 0 Å². The van der Waals surface area contributed by atoms with Gasteiger partial charge in [-0.3, -0.25) is 4.79 Å². The fourth-order valence-electron chi connectivity index (χ4n) is 6.71. The number of aromatic nitrogens is 1. The van der Waals surface area contributed by atoms with E-state index in [4.69, 9.17) is 23.7 Å². The number of pyridine rings is 1. The summed E-state index contributed by atoms with van der Waals surface area (Å²) in [7, 11) is 1.64. The predicted octanol–water partition coefficient (Wildman–Crippen LogP) is 11.5. The van der Waals surface area contributed by atoms with Crippen LogP contribution in [0.2, 0.25) is 0 Å². The Morgan fingerprint density at radius 2 is 1.08 bits per heavy atom. The Bertz CT molecular complexity index is 1430. The number of rotatable bonds is 27. The zero-order valence-corrected chi connectivity index (χ0v) is 31.6. The van der Waals surface area contributed by atoms with Crippen molar-refractivity contribution >= 4 is 10.9 Å². The fourth-order valence-corrected chi connectivity index (χ4v) is 6.71. The highest BCUT2D eigenvalue weighted by atomic mass is 16.5. The van der Waals surface area contributed by atoms with E-state index in [1.165, 1.54) is 89.9 Å². The molecule has 0 unspecified atom stereocenters. The van der Waals surface area contributed by atoms with Crippen LogP contribution in [0, 0.1) is 0 Å². The van der Waals surface area contributed by atoms with Gasteiger partial charge in [-0.15, -0.1) is 0 Å². The molecule has 0 bridgehead atoms. The Morgan fingerprint density at radius 1 is 0.551 bits per heavy atom. The number of nitrogens with zero attached hydrogens (tertiary/aromatic N) is 1. The summed E-state index contributed by atoms with van der Waals surface area (Å²) in [6.45, 7) is 12.6. The van der Waals surface area contributed by atoms with Gasteiger partial charge in [0.2, 0.25) is 5.43 Å². The second-order valence-corrected chi connectivity index (χ2v) is 12.9. The van der Waals surface area contributed by atoms with Crippen LogP contribution in [-0.2, 0) is 6.54 Å². The molecule has 0 saturated heterocycles. The lowest BCUT2D eigenvalue weighted by Crippen LogP contribution is -2.18. The maximum atomic E-state index is 14.3. The molecule has 7 heteroatoms. The SMILES string of the molecule is CCCCCCCCCCCCCCCCCCn1c(-c2ccc(OCC)c(OC)c2)c(OCC)c(=O)c2c(OCC)cc(OCC)cc21. The first-order chi connectivity index (χ1) is 24.0. The standard InChI is InChI=1S/C42H65NO6/c1-7-12-13-14-15-16-17-18-19-20-21-22-23-24-25-26-29-43-35-31-34(46-8-2)32-38(48-10-4)39(35)41(44)42(49-11-5)40(43)33-27-28-36(47-9-3)37(30-33)45-6/h27-28,30-32H,7-26,29H2,1-6H3. The minimum absolute atomic E-state index is 0.186. The molecule has 0 N–H and O–H groups in total. The van der Waals surface area contributed by atoms with Gasteiger partial charge in [0, 0.05) is 24.2 Å². The molecule has 7 nitrogen and oxygen atoms in total. The molecule has 3 rings (SSSR count). The largest absolute Gasteiger partial charge is 0.494 e. The van der Waals surface area contributed by atoms with Crippen molar-refractivity contribution in [1.82, 2.24) is 4.57 Å². The third-order valence-electron chi connectivity index (χ3n) is 9.14. The maximum absolute atomic E-state index is 14.3. The Kier molecular flexibility index (Phi) is 18.9. The van der Waals surface area contributed by atoms with Crippen LogP contribution in [0.1, 0.15) is 137 Å². The van der Waals surface area contributed by atoms with Crippen molar-refractivity contribution in [3.05, 3.63) is 40.6 Å². The number of ether oxygens (including phenoxy) is 5. The number of benzene rings is 2. The van der Waals surface area contributed by atoms with E-state index >= 15 is 0 Å². The normalized spacial score (nSPS) is 11.2. The highest BCUT2D eigenvalue weighted by Crippen LogP contribution is 2.40. The van der Waals surface area contributed by atoms with E-state index in [1.54, 1.807) is 7.11 Å². The van der Waals surface area contributed by atoms with Gasteiger partial charge < -0.3 is 28.3 Å². The van der Waals surface area contributed by atoms with Crippen molar-refractivity contribution in [3.8, 4) is 40.0 Å². The molecule has 0 spiro atoms. The molecule has 274 valence electrons. The summed E-state index contributed by atoms with van der Waals surface area (Å²) >= 11 is 0. The van der Waals surface area contributed by atoms with Crippen molar-refractivity contribution in [2.75, 3.05) is 33.5 Å². The molecular formula is C42H65NO6. The fraction of sp³-hybridized carbons (Fsp3) is 0.643. The summed E-state index contributed by atoms with van der Waals surface area (Å²) in [6.07, 6.45) is 21.1. The lowest BCUT2D eigenvalue weighted by Gasteiger charge is -2.23. The molecule has 0 amide bonds. The van der Waals surface area contributed by atoms with Gasteiger partial charge in [-0.05, 0) is 52.3 Å².